The summed E-state index contributed by atoms with van der Waals surface area (Å²) in [5.41, 5.74) is 1.04. The van der Waals surface area contributed by atoms with Crippen molar-refractivity contribution in [1.82, 2.24) is 4.98 Å². The number of halogens is 1. The first-order valence-corrected chi connectivity index (χ1v) is 5.68. The van der Waals surface area contributed by atoms with Gasteiger partial charge in [-0.15, -0.1) is 11.3 Å². The predicted molar refractivity (Wildman–Crippen MR) is 63.5 cm³/mol. The molecule has 5 heteroatoms. The summed E-state index contributed by atoms with van der Waals surface area (Å²) >= 11 is 1.37. The monoisotopic (exact) mass is 248 g/mol. The lowest BCUT2D eigenvalue weighted by atomic mass is 10.2. The zero-order valence-corrected chi connectivity index (χ0v) is 10.1. The smallest absolute Gasteiger partial charge is 0.165 e. The molecular formula is C12H9FN2OS. The Morgan fingerprint density at radius 2 is 2.24 bits per heavy atom. The highest BCUT2D eigenvalue weighted by molar-refractivity contribution is 7.15. The van der Waals surface area contributed by atoms with Crippen LogP contribution in [0.15, 0.2) is 18.2 Å². The van der Waals surface area contributed by atoms with E-state index in [4.69, 9.17) is 10.00 Å². The number of thiazole rings is 1. The third kappa shape index (κ3) is 2.12. The molecule has 2 rings (SSSR count). The van der Waals surface area contributed by atoms with E-state index in [0.717, 1.165) is 4.88 Å². The van der Waals surface area contributed by atoms with Gasteiger partial charge < -0.3 is 4.74 Å². The van der Waals surface area contributed by atoms with Gasteiger partial charge in [0.15, 0.2) is 17.3 Å². The van der Waals surface area contributed by atoms with E-state index in [1.807, 2.05) is 13.0 Å². The lowest BCUT2D eigenvalue weighted by Gasteiger charge is -2.02. The van der Waals surface area contributed by atoms with Crippen LogP contribution in [0.4, 0.5) is 4.39 Å². The van der Waals surface area contributed by atoms with Gasteiger partial charge in [-0.05, 0) is 25.1 Å². The number of nitriles is 1. The van der Waals surface area contributed by atoms with Crippen LogP contribution in [0, 0.1) is 24.1 Å². The maximum atomic E-state index is 13.5. The summed E-state index contributed by atoms with van der Waals surface area (Å²) in [6, 6.07) is 6.64. The van der Waals surface area contributed by atoms with E-state index in [-0.39, 0.29) is 5.75 Å². The summed E-state index contributed by atoms with van der Waals surface area (Å²) in [6.07, 6.45) is 0. The van der Waals surface area contributed by atoms with Crippen molar-refractivity contribution in [1.29, 1.82) is 5.26 Å². The second-order valence-corrected chi connectivity index (χ2v) is 4.59. The molecule has 1 aromatic carbocycles. The van der Waals surface area contributed by atoms with Crippen molar-refractivity contribution in [3.05, 3.63) is 34.6 Å². The van der Waals surface area contributed by atoms with Gasteiger partial charge in [-0.1, -0.05) is 0 Å². The molecular weight excluding hydrogens is 239 g/mol. The first kappa shape index (κ1) is 11.6. The van der Waals surface area contributed by atoms with Crippen LogP contribution in [0.25, 0.3) is 10.6 Å². The summed E-state index contributed by atoms with van der Waals surface area (Å²) < 4.78 is 18.4. The number of hydrogen-bond acceptors (Lipinski definition) is 4. The minimum atomic E-state index is -0.434. The molecule has 0 unspecified atom stereocenters. The number of methoxy groups -OCH3 is 1. The summed E-state index contributed by atoms with van der Waals surface area (Å²) in [5, 5.41) is 9.45. The zero-order valence-electron chi connectivity index (χ0n) is 9.32. The fraction of sp³-hybridized carbons (Fsp3) is 0.167. The standard InChI is InChI=1S/C12H9FN2OS/c1-7-10(6-14)15-12(17-7)8-3-4-11(16-2)9(13)5-8/h3-5H,1-2H3. The lowest BCUT2D eigenvalue weighted by Crippen LogP contribution is -1.88. The molecule has 0 fully saturated rings. The minimum absolute atomic E-state index is 0.197. The second-order valence-electron chi connectivity index (χ2n) is 3.38. The van der Waals surface area contributed by atoms with Crippen LogP contribution >= 0.6 is 11.3 Å². The topological polar surface area (TPSA) is 45.9 Å². The Hall–Kier alpha value is -1.93. The van der Waals surface area contributed by atoms with Gasteiger partial charge in [-0.3, -0.25) is 0 Å². The molecule has 0 amide bonds. The minimum Gasteiger partial charge on any atom is -0.494 e. The van der Waals surface area contributed by atoms with Crippen LogP contribution in [-0.4, -0.2) is 12.1 Å². The van der Waals surface area contributed by atoms with E-state index in [9.17, 15) is 4.39 Å². The summed E-state index contributed by atoms with van der Waals surface area (Å²) in [6.45, 7) is 1.82. The molecule has 86 valence electrons. The lowest BCUT2D eigenvalue weighted by molar-refractivity contribution is 0.386. The van der Waals surface area contributed by atoms with Crippen LogP contribution < -0.4 is 4.74 Å². The van der Waals surface area contributed by atoms with Crippen molar-refractivity contribution < 1.29 is 9.13 Å². The number of ether oxygens (including phenoxy) is 1. The molecule has 1 heterocycles. The van der Waals surface area contributed by atoms with E-state index >= 15 is 0 Å². The highest BCUT2D eigenvalue weighted by Crippen LogP contribution is 2.30. The number of aromatic nitrogens is 1. The summed E-state index contributed by atoms with van der Waals surface area (Å²) in [5.74, 6) is -0.237. The van der Waals surface area contributed by atoms with Crippen molar-refractivity contribution in [3.8, 4) is 22.4 Å². The van der Waals surface area contributed by atoms with Crippen LogP contribution in [0.5, 0.6) is 5.75 Å². The van der Waals surface area contributed by atoms with E-state index in [1.54, 1.807) is 12.1 Å². The number of rotatable bonds is 2. The van der Waals surface area contributed by atoms with Crippen molar-refractivity contribution in [3.63, 3.8) is 0 Å². The summed E-state index contributed by atoms with van der Waals surface area (Å²) in [7, 11) is 1.42. The number of benzene rings is 1. The van der Waals surface area contributed by atoms with Gasteiger partial charge in [-0.25, -0.2) is 9.37 Å². The highest BCUT2D eigenvalue weighted by Gasteiger charge is 2.11. The fourth-order valence-corrected chi connectivity index (χ4v) is 2.28. The molecule has 1 aromatic heterocycles. The Morgan fingerprint density at radius 3 is 2.76 bits per heavy atom. The van der Waals surface area contributed by atoms with Gasteiger partial charge >= 0.3 is 0 Å². The molecule has 0 N–H and O–H groups in total. The molecule has 0 bridgehead atoms. The van der Waals surface area contributed by atoms with Crippen LogP contribution in [0.3, 0.4) is 0 Å². The largest absolute Gasteiger partial charge is 0.494 e. The van der Waals surface area contributed by atoms with Gasteiger partial charge in [0.25, 0.3) is 0 Å². The van der Waals surface area contributed by atoms with Gasteiger partial charge in [-0.2, -0.15) is 5.26 Å². The number of hydrogen-bond donors (Lipinski definition) is 0. The van der Waals surface area contributed by atoms with Gasteiger partial charge in [0, 0.05) is 10.4 Å². The van der Waals surface area contributed by atoms with Crippen LogP contribution in [0.2, 0.25) is 0 Å². The van der Waals surface area contributed by atoms with Gasteiger partial charge in [0.05, 0.1) is 7.11 Å². The SMILES string of the molecule is COc1ccc(-c2nc(C#N)c(C)s2)cc1F. The molecule has 0 spiro atoms. The molecule has 0 saturated heterocycles. The maximum Gasteiger partial charge on any atom is 0.165 e. The van der Waals surface area contributed by atoms with E-state index in [2.05, 4.69) is 4.98 Å². The van der Waals surface area contributed by atoms with Crippen molar-refractivity contribution in [2.75, 3.05) is 7.11 Å². The van der Waals surface area contributed by atoms with E-state index in [1.165, 1.54) is 24.5 Å². The van der Waals surface area contributed by atoms with Crippen molar-refractivity contribution in [2.24, 2.45) is 0 Å². The highest BCUT2D eigenvalue weighted by atomic mass is 32.1. The Labute approximate surface area is 102 Å². The molecule has 0 saturated carbocycles. The van der Waals surface area contributed by atoms with Crippen LogP contribution in [0.1, 0.15) is 10.6 Å². The Morgan fingerprint density at radius 1 is 1.47 bits per heavy atom. The molecule has 0 aliphatic heterocycles. The molecule has 0 atom stereocenters. The number of aryl methyl sites for hydroxylation is 1. The second kappa shape index (κ2) is 4.52. The molecule has 0 radical (unpaired) electrons. The normalized spacial score (nSPS) is 10.0. The quantitative estimate of drug-likeness (QED) is 0.820. The molecule has 0 aliphatic carbocycles. The molecule has 17 heavy (non-hydrogen) atoms. The Kier molecular flexibility index (Phi) is 3.07. The maximum absolute atomic E-state index is 13.5. The third-order valence-electron chi connectivity index (χ3n) is 2.30. The van der Waals surface area contributed by atoms with Gasteiger partial charge in [0.2, 0.25) is 0 Å². The van der Waals surface area contributed by atoms with E-state index < -0.39 is 5.82 Å². The third-order valence-corrected chi connectivity index (χ3v) is 3.32. The van der Waals surface area contributed by atoms with Crippen molar-refractivity contribution >= 4 is 11.3 Å². The Balaban J connectivity index is 2.47. The Bertz CT molecular complexity index is 601. The van der Waals surface area contributed by atoms with Crippen molar-refractivity contribution in [2.45, 2.75) is 6.92 Å². The fourth-order valence-electron chi connectivity index (χ4n) is 1.42. The van der Waals surface area contributed by atoms with E-state index in [0.29, 0.717) is 16.3 Å². The average Bonchev–Trinajstić information content (AvgIpc) is 2.70. The first-order chi connectivity index (χ1) is 8.15. The molecule has 2 aromatic rings. The average molecular weight is 248 g/mol. The number of nitrogens with zero attached hydrogens (tertiary/aromatic N) is 2. The first-order valence-electron chi connectivity index (χ1n) is 4.87. The zero-order chi connectivity index (χ0) is 12.4. The predicted octanol–water partition coefficient (Wildman–Crippen LogP) is 3.14. The molecule has 0 aliphatic rings. The van der Waals surface area contributed by atoms with Crippen LogP contribution in [-0.2, 0) is 0 Å². The summed E-state index contributed by atoms with van der Waals surface area (Å²) in [4.78, 5) is 4.98. The molecule has 3 nitrogen and oxygen atoms in total. The van der Waals surface area contributed by atoms with Gasteiger partial charge in [0.1, 0.15) is 11.1 Å².